The number of aromatic nitrogens is 2. The molecule has 1 aromatic carbocycles. The average molecular weight is 481 g/mol. The quantitative estimate of drug-likeness (QED) is 0.470. The van der Waals surface area contributed by atoms with Crippen LogP contribution in [0.3, 0.4) is 0 Å². The Morgan fingerprint density at radius 2 is 1.97 bits per heavy atom. The highest BCUT2D eigenvalue weighted by Crippen LogP contribution is 2.36. The zero-order valence-corrected chi connectivity index (χ0v) is 19.8. The fourth-order valence-electron chi connectivity index (χ4n) is 4.92. The van der Waals surface area contributed by atoms with Crippen LogP contribution in [0.1, 0.15) is 44.3 Å². The van der Waals surface area contributed by atoms with Crippen molar-refractivity contribution in [2.75, 3.05) is 13.7 Å². The SMILES string of the molecule is CCOc1ccc(-c2noc(CN3C(=O)N(Cc4ccco4)C(=O)C4CCCCC43)n2)cc1OC. The molecule has 1 aliphatic carbocycles. The second-order valence-electron chi connectivity index (χ2n) is 8.68. The first-order chi connectivity index (χ1) is 17.1. The number of hydrogen-bond donors (Lipinski definition) is 0. The van der Waals surface area contributed by atoms with E-state index in [1.807, 2.05) is 13.0 Å². The number of fused-ring (bicyclic) bond motifs is 1. The number of benzene rings is 1. The summed E-state index contributed by atoms with van der Waals surface area (Å²) in [6, 6.07) is 8.36. The third kappa shape index (κ3) is 4.48. The molecule has 2 fully saturated rings. The number of nitrogens with zero attached hydrogens (tertiary/aromatic N) is 4. The second-order valence-corrected chi connectivity index (χ2v) is 8.68. The van der Waals surface area contributed by atoms with Gasteiger partial charge in [0.1, 0.15) is 12.3 Å². The standard InChI is InChI=1S/C25H28N4O6/c1-3-33-20-11-10-16(13-21(20)32-2)23-26-22(35-27-23)15-28-19-9-5-4-8-18(19)24(30)29(25(28)31)14-17-7-6-12-34-17/h6-7,10-13,18-19H,3-5,8-9,14-15H2,1-2H3. The molecule has 2 aliphatic rings. The molecule has 1 aliphatic heterocycles. The number of hydrogen-bond acceptors (Lipinski definition) is 8. The van der Waals surface area contributed by atoms with Crippen LogP contribution < -0.4 is 9.47 Å². The molecule has 2 atom stereocenters. The summed E-state index contributed by atoms with van der Waals surface area (Å²) in [6.07, 6.45) is 4.99. The molecule has 3 heterocycles. The first-order valence-corrected chi connectivity index (χ1v) is 11.9. The Labute approximate surface area is 202 Å². The first kappa shape index (κ1) is 22.9. The minimum Gasteiger partial charge on any atom is -0.493 e. The highest BCUT2D eigenvalue weighted by Gasteiger charge is 2.47. The van der Waals surface area contributed by atoms with Gasteiger partial charge >= 0.3 is 6.03 Å². The molecule has 35 heavy (non-hydrogen) atoms. The smallest absolute Gasteiger partial charge is 0.327 e. The van der Waals surface area contributed by atoms with Crippen molar-refractivity contribution < 1.29 is 28.0 Å². The van der Waals surface area contributed by atoms with Crippen molar-refractivity contribution in [2.45, 2.75) is 51.7 Å². The average Bonchev–Trinajstić information content (AvgIpc) is 3.57. The minimum atomic E-state index is -0.364. The first-order valence-electron chi connectivity index (χ1n) is 11.9. The number of ether oxygens (including phenoxy) is 2. The Bertz CT molecular complexity index is 1190. The number of amides is 3. The highest BCUT2D eigenvalue weighted by atomic mass is 16.5. The van der Waals surface area contributed by atoms with Crippen LogP contribution in [0.4, 0.5) is 4.79 Å². The van der Waals surface area contributed by atoms with Crippen LogP contribution in [0, 0.1) is 5.92 Å². The maximum Gasteiger partial charge on any atom is 0.327 e. The van der Waals surface area contributed by atoms with Crippen molar-refractivity contribution in [3.63, 3.8) is 0 Å². The fourth-order valence-corrected chi connectivity index (χ4v) is 4.92. The van der Waals surface area contributed by atoms with E-state index in [4.69, 9.17) is 18.4 Å². The van der Waals surface area contributed by atoms with E-state index < -0.39 is 0 Å². The molecule has 1 saturated carbocycles. The molecule has 184 valence electrons. The third-order valence-electron chi connectivity index (χ3n) is 6.58. The van der Waals surface area contributed by atoms with Gasteiger partial charge in [0.15, 0.2) is 11.5 Å². The van der Waals surface area contributed by atoms with Crippen molar-refractivity contribution in [3.05, 3.63) is 48.2 Å². The summed E-state index contributed by atoms with van der Waals surface area (Å²) in [4.78, 5) is 34.1. The van der Waals surface area contributed by atoms with Crippen LogP contribution in [0.15, 0.2) is 45.5 Å². The van der Waals surface area contributed by atoms with Crippen molar-refractivity contribution in [3.8, 4) is 22.9 Å². The van der Waals surface area contributed by atoms with Gasteiger partial charge in [-0.15, -0.1) is 0 Å². The minimum absolute atomic E-state index is 0.103. The molecule has 3 amide bonds. The van der Waals surface area contributed by atoms with Crippen LogP contribution >= 0.6 is 0 Å². The molecule has 10 nitrogen and oxygen atoms in total. The van der Waals surface area contributed by atoms with E-state index in [-0.39, 0.29) is 37.0 Å². The maximum absolute atomic E-state index is 13.4. The van der Waals surface area contributed by atoms with Gasteiger partial charge in [0.25, 0.3) is 0 Å². The van der Waals surface area contributed by atoms with E-state index >= 15 is 0 Å². The predicted octanol–water partition coefficient (Wildman–Crippen LogP) is 4.26. The maximum atomic E-state index is 13.4. The van der Waals surface area contributed by atoms with Gasteiger partial charge < -0.3 is 23.3 Å². The van der Waals surface area contributed by atoms with E-state index in [9.17, 15) is 9.59 Å². The van der Waals surface area contributed by atoms with Gasteiger partial charge in [-0.3, -0.25) is 9.69 Å². The summed E-state index contributed by atoms with van der Waals surface area (Å²) in [5.74, 6) is 2.07. The predicted molar refractivity (Wildman–Crippen MR) is 123 cm³/mol. The lowest BCUT2D eigenvalue weighted by atomic mass is 9.81. The van der Waals surface area contributed by atoms with Crippen LogP contribution in [0.5, 0.6) is 11.5 Å². The number of carbonyl (C=O) groups excluding carboxylic acids is 2. The molecule has 0 bridgehead atoms. The molecule has 0 N–H and O–H groups in total. The summed E-state index contributed by atoms with van der Waals surface area (Å²) in [6.45, 7) is 2.66. The Hall–Kier alpha value is -3.82. The normalized spacial score (nSPS) is 20.2. The lowest BCUT2D eigenvalue weighted by Gasteiger charge is -2.46. The van der Waals surface area contributed by atoms with Gasteiger partial charge in [-0.05, 0) is 50.1 Å². The summed E-state index contributed by atoms with van der Waals surface area (Å²) in [7, 11) is 1.57. The highest BCUT2D eigenvalue weighted by molar-refractivity contribution is 5.98. The summed E-state index contributed by atoms with van der Waals surface area (Å²) >= 11 is 0. The van der Waals surface area contributed by atoms with Gasteiger partial charge in [-0.2, -0.15) is 4.98 Å². The van der Waals surface area contributed by atoms with Crippen LogP contribution in [0.25, 0.3) is 11.4 Å². The van der Waals surface area contributed by atoms with E-state index in [1.54, 1.807) is 36.3 Å². The number of rotatable bonds is 8. The molecule has 3 aromatic rings. The molecule has 1 saturated heterocycles. The number of methoxy groups -OCH3 is 1. The van der Waals surface area contributed by atoms with Crippen molar-refractivity contribution in [1.29, 1.82) is 0 Å². The lowest BCUT2D eigenvalue weighted by molar-refractivity contribution is -0.141. The van der Waals surface area contributed by atoms with Crippen LogP contribution in [-0.4, -0.2) is 51.6 Å². The largest absolute Gasteiger partial charge is 0.493 e. The molecular formula is C25H28N4O6. The summed E-state index contributed by atoms with van der Waals surface area (Å²) < 4.78 is 21.9. The number of imide groups is 1. The van der Waals surface area contributed by atoms with E-state index in [2.05, 4.69) is 10.1 Å². The van der Waals surface area contributed by atoms with Crippen molar-refractivity contribution >= 4 is 11.9 Å². The fraction of sp³-hybridized carbons (Fsp3) is 0.440. The zero-order valence-electron chi connectivity index (χ0n) is 19.8. The van der Waals surface area contributed by atoms with Gasteiger partial charge in [-0.25, -0.2) is 4.79 Å². The molecule has 5 rings (SSSR count). The third-order valence-corrected chi connectivity index (χ3v) is 6.58. The Morgan fingerprint density at radius 3 is 2.74 bits per heavy atom. The van der Waals surface area contributed by atoms with E-state index in [1.165, 1.54) is 11.2 Å². The van der Waals surface area contributed by atoms with Crippen LogP contribution in [0.2, 0.25) is 0 Å². The Morgan fingerprint density at radius 1 is 1.11 bits per heavy atom. The van der Waals surface area contributed by atoms with Crippen LogP contribution in [-0.2, 0) is 17.9 Å². The molecule has 2 unspecified atom stereocenters. The summed E-state index contributed by atoms with van der Waals surface area (Å²) in [5, 5.41) is 4.11. The Kier molecular flexibility index (Phi) is 6.43. The number of urea groups is 1. The monoisotopic (exact) mass is 480 g/mol. The molecule has 10 heteroatoms. The zero-order chi connectivity index (χ0) is 24.4. The molecule has 2 aromatic heterocycles. The van der Waals surface area contributed by atoms with E-state index in [0.717, 1.165) is 25.7 Å². The van der Waals surface area contributed by atoms with Gasteiger partial charge in [0, 0.05) is 11.6 Å². The Balaban J connectivity index is 1.38. The van der Waals surface area contributed by atoms with Crippen molar-refractivity contribution in [2.24, 2.45) is 5.92 Å². The molecule has 0 spiro atoms. The second kappa shape index (κ2) is 9.81. The molecular weight excluding hydrogens is 452 g/mol. The van der Waals surface area contributed by atoms with Crippen molar-refractivity contribution in [1.82, 2.24) is 19.9 Å². The van der Waals surface area contributed by atoms with E-state index in [0.29, 0.717) is 41.1 Å². The molecule has 0 radical (unpaired) electrons. The van der Waals surface area contributed by atoms with Gasteiger partial charge in [0.05, 0.1) is 32.4 Å². The van der Waals surface area contributed by atoms with Gasteiger partial charge in [-0.1, -0.05) is 18.0 Å². The topological polar surface area (TPSA) is 111 Å². The number of carbonyl (C=O) groups is 2. The lowest BCUT2D eigenvalue weighted by Crippen LogP contribution is -2.61. The summed E-state index contributed by atoms with van der Waals surface area (Å²) in [5.41, 5.74) is 0.704. The van der Waals surface area contributed by atoms with Gasteiger partial charge in [0.2, 0.25) is 17.6 Å². The number of furan rings is 1.